The molecule has 2 aromatic carbocycles. The van der Waals surface area contributed by atoms with E-state index < -0.39 is 6.61 Å². The summed E-state index contributed by atoms with van der Waals surface area (Å²) in [4.78, 5) is 16.4. The van der Waals surface area contributed by atoms with Gasteiger partial charge in [-0.15, -0.1) is 0 Å². The van der Waals surface area contributed by atoms with Gasteiger partial charge in [-0.25, -0.2) is 4.39 Å². The molecule has 1 fully saturated rings. The molecule has 0 aromatic heterocycles. The van der Waals surface area contributed by atoms with Crippen molar-refractivity contribution in [3.8, 4) is 11.5 Å². The molecular weight excluding hydrogens is 373 g/mol. The highest BCUT2D eigenvalue weighted by molar-refractivity contribution is 5.97. The van der Waals surface area contributed by atoms with Gasteiger partial charge in [0.05, 0.1) is 5.56 Å². The predicted molar refractivity (Wildman–Crippen MR) is 97.3 cm³/mol. The standard InChI is InChI=1S/C20H21F3N2O3/c21-15-4-3-5-16(14-15)27-13-12-24-8-10-25(11-9-24)19(26)17-6-1-2-7-18(17)28-20(22)23/h1-7,14,20H,8-13H2. The van der Waals surface area contributed by atoms with E-state index in [4.69, 9.17) is 4.74 Å². The maximum Gasteiger partial charge on any atom is 0.387 e. The second-order valence-electron chi connectivity index (χ2n) is 6.31. The first-order valence-electron chi connectivity index (χ1n) is 8.97. The molecule has 1 amide bonds. The summed E-state index contributed by atoms with van der Waals surface area (Å²) >= 11 is 0. The Bertz CT molecular complexity index is 796. The average molecular weight is 394 g/mol. The molecule has 0 unspecified atom stereocenters. The molecule has 5 nitrogen and oxygen atoms in total. The Kier molecular flexibility index (Phi) is 6.76. The van der Waals surface area contributed by atoms with Gasteiger partial charge < -0.3 is 14.4 Å². The Hall–Kier alpha value is -2.74. The number of amides is 1. The second kappa shape index (κ2) is 9.45. The molecule has 0 atom stereocenters. The van der Waals surface area contributed by atoms with Gasteiger partial charge in [0, 0.05) is 38.8 Å². The van der Waals surface area contributed by atoms with E-state index in [1.165, 1.54) is 24.3 Å². The van der Waals surface area contributed by atoms with E-state index in [9.17, 15) is 18.0 Å². The minimum atomic E-state index is -2.98. The number of para-hydroxylation sites is 1. The van der Waals surface area contributed by atoms with E-state index in [-0.39, 0.29) is 23.0 Å². The molecule has 8 heteroatoms. The van der Waals surface area contributed by atoms with Gasteiger partial charge in [0.25, 0.3) is 5.91 Å². The SMILES string of the molecule is O=C(c1ccccc1OC(F)F)N1CCN(CCOc2cccc(F)c2)CC1. The van der Waals surface area contributed by atoms with Crippen LogP contribution in [-0.2, 0) is 0 Å². The van der Waals surface area contributed by atoms with Crippen LogP contribution in [0, 0.1) is 5.82 Å². The average Bonchev–Trinajstić information content (AvgIpc) is 2.68. The van der Waals surface area contributed by atoms with Crippen LogP contribution in [-0.4, -0.2) is 61.6 Å². The van der Waals surface area contributed by atoms with Crippen LogP contribution in [0.2, 0.25) is 0 Å². The normalized spacial score (nSPS) is 14.9. The number of benzene rings is 2. The van der Waals surface area contributed by atoms with Crippen LogP contribution in [0.25, 0.3) is 0 Å². The van der Waals surface area contributed by atoms with Crippen molar-refractivity contribution in [2.75, 3.05) is 39.3 Å². The van der Waals surface area contributed by atoms with E-state index in [0.29, 0.717) is 45.1 Å². The molecule has 0 saturated carbocycles. The maximum atomic E-state index is 13.1. The lowest BCUT2D eigenvalue weighted by Crippen LogP contribution is -2.49. The van der Waals surface area contributed by atoms with Crippen LogP contribution < -0.4 is 9.47 Å². The van der Waals surface area contributed by atoms with E-state index >= 15 is 0 Å². The van der Waals surface area contributed by atoms with Crippen molar-refractivity contribution in [3.05, 3.63) is 59.9 Å². The third-order valence-electron chi connectivity index (χ3n) is 4.47. The van der Waals surface area contributed by atoms with Crippen molar-refractivity contribution in [3.63, 3.8) is 0 Å². The summed E-state index contributed by atoms with van der Waals surface area (Å²) in [5, 5.41) is 0. The molecule has 0 bridgehead atoms. The molecule has 1 saturated heterocycles. The van der Waals surface area contributed by atoms with E-state index in [2.05, 4.69) is 9.64 Å². The van der Waals surface area contributed by atoms with Gasteiger partial charge >= 0.3 is 6.61 Å². The molecule has 0 N–H and O–H groups in total. The third kappa shape index (κ3) is 5.39. The van der Waals surface area contributed by atoms with Gasteiger partial charge in [0.2, 0.25) is 0 Å². The first-order chi connectivity index (χ1) is 13.5. The summed E-state index contributed by atoms with van der Waals surface area (Å²) in [6.45, 7) is 0.283. The molecule has 3 rings (SSSR count). The molecule has 2 aromatic rings. The summed E-state index contributed by atoms with van der Waals surface area (Å²) in [5.74, 6) is -0.314. The zero-order valence-electron chi connectivity index (χ0n) is 15.2. The van der Waals surface area contributed by atoms with Crippen LogP contribution >= 0.6 is 0 Å². The van der Waals surface area contributed by atoms with Crippen LogP contribution in [0.3, 0.4) is 0 Å². The first kappa shape index (κ1) is 20.0. The van der Waals surface area contributed by atoms with Crippen LogP contribution in [0.1, 0.15) is 10.4 Å². The summed E-state index contributed by atoms with van der Waals surface area (Å²) in [5.41, 5.74) is 0.130. The predicted octanol–water partition coefficient (Wildman–Crippen LogP) is 3.26. The number of nitrogens with zero attached hydrogens (tertiary/aromatic N) is 2. The fourth-order valence-corrected chi connectivity index (χ4v) is 3.04. The highest BCUT2D eigenvalue weighted by Gasteiger charge is 2.24. The Balaban J connectivity index is 1.48. The van der Waals surface area contributed by atoms with Gasteiger partial charge in [0.15, 0.2) is 0 Å². The quantitative estimate of drug-likeness (QED) is 0.723. The number of halogens is 3. The molecule has 0 aliphatic carbocycles. The van der Waals surface area contributed by atoms with Crippen molar-refractivity contribution >= 4 is 5.91 Å². The van der Waals surface area contributed by atoms with E-state index in [0.717, 1.165) is 0 Å². The van der Waals surface area contributed by atoms with Crippen LogP contribution in [0.4, 0.5) is 13.2 Å². The maximum absolute atomic E-state index is 13.1. The Morgan fingerprint density at radius 1 is 1.04 bits per heavy atom. The number of alkyl halides is 2. The largest absolute Gasteiger partial charge is 0.492 e. The molecule has 0 spiro atoms. The lowest BCUT2D eigenvalue weighted by atomic mass is 10.1. The molecule has 28 heavy (non-hydrogen) atoms. The monoisotopic (exact) mass is 394 g/mol. The number of piperazine rings is 1. The molecule has 0 radical (unpaired) electrons. The summed E-state index contributed by atoms with van der Waals surface area (Å²) in [7, 11) is 0. The van der Waals surface area contributed by atoms with Crippen LogP contribution in [0.15, 0.2) is 48.5 Å². The molecule has 150 valence electrons. The minimum absolute atomic E-state index is 0.117. The minimum Gasteiger partial charge on any atom is -0.492 e. The number of carbonyl (C=O) groups is 1. The molecule has 1 heterocycles. The van der Waals surface area contributed by atoms with Crippen molar-refractivity contribution in [1.29, 1.82) is 0 Å². The summed E-state index contributed by atoms with van der Waals surface area (Å²) in [6, 6.07) is 12.0. The Morgan fingerprint density at radius 3 is 2.50 bits per heavy atom. The zero-order valence-corrected chi connectivity index (χ0v) is 15.2. The van der Waals surface area contributed by atoms with Crippen molar-refractivity contribution in [1.82, 2.24) is 9.80 Å². The fourth-order valence-electron chi connectivity index (χ4n) is 3.04. The summed E-state index contributed by atoms with van der Waals surface area (Å²) < 4.78 is 48.2. The Labute approximate surface area is 161 Å². The van der Waals surface area contributed by atoms with Crippen molar-refractivity contribution in [2.24, 2.45) is 0 Å². The third-order valence-corrected chi connectivity index (χ3v) is 4.47. The van der Waals surface area contributed by atoms with Gasteiger partial charge in [-0.1, -0.05) is 18.2 Å². The first-order valence-corrected chi connectivity index (χ1v) is 8.97. The van der Waals surface area contributed by atoms with E-state index in [1.807, 2.05) is 0 Å². The lowest BCUT2D eigenvalue weighted by Gasteiger charge is -2.34. The van der Waals surface area contributed by atoms with Crippen molar-refractivity contribution in [2.45, 2.75) is 6.61 Å². The lowest BCUT2D eigenvalue weighted by molar-refractivity contribution is -0.0503. The smallest absolute Gasteiger partial charge is 0.387 e. The van der Waals surface area contributed by atoms with Gasteiger partial charge in [0.1, 0.15) is 23.9 Å². The van der Waals surface area contributed by atoms with Gasteiger partial charge in [-0.2, -0.15) is 8.78 Å². The highest BCUT2D eigenvalue weighted by atomic mass is 19.3. The van der Waals surface area contributed by atoms with Gasteiger partial charge in [-0.05, 0) is 24.3 Å². The van der Waals surface area contributed by atoms with Gasteiger partial charge in [-0.3, -0.25) is 9.69 Å². The number of rotatable bonds is 7. The van der Waals surface area contributed by atoms with E-state index in [1.54, 1.807) is 29.2 Å². The number of hydrogen-bond donors (Lipinski definition) is 0. The number of carbonyl (C=O) groups excluding carboxylic acids is 1. The topological polar surface area (TPSA) is 42.0 Å². The fraction of sp³-hybridized carbons (Fsp3) is 0.350. The second-order valence-corrected chi connectivity index (χ2v) is 6.31. The number of ether oxygens (including phenoxy) is 2. The highest BCUT2D eigenvalue weighted by Crippen LogP contribution is 2.22. The zero-order chi connectivity index (χ0) is 19.9. The van der Waals surface area contributed by atoms with Crippen LogP contribution in [0.5, 0.6) is 11.5 Å². The summed E-state index contributed by atoms with van der Waals surface area (Å²) in [6.07, 6.45) is 0. The molecular formula is C20H21F3N2O3. The molecule has 1 aliphatic rings. The molecule has 1 aliphatic heterocycles. The number of hydrogen-bond acceptors (Lipinski definition) is 4. The van der Waals surface area contributed by atoms with Crippen molar-refractivity contribution < 1.29 is 27.4 Å². The Morgan fingerprint density at radius 2 is 1.79 bits per heavy atom.